The average molecular weight is 264 g/mol. The van der Waals surface area contributed by atoms with Crippen LogP contribution in [-0.2, 0) is 6.54 Å². The predicted octanol–water partition coefficient (Wildman–Crippen LogP) is 2.98. The highest BCUT2D eigenvalue weighted by Gasteiger charge is 2.08. The van der Waals surface area contributed by atoms with Crippen LogP contribution in [-0.4, -0.2) is 36.3 Å². The van der Waals surface area contributed by atoms with E-state index < -0.39 is 0 Å². The minimum absolute atomic E-state index is 0.660. The quantitative estimate of drug-likeness (QED) is 0.842. The highest BCUT2D eigenvalue weighted by Crippen LogP contribution is 2.23. The SMILES string of the molecule is CC(C)Sc1ccc(CN2CCCNCC2)cc1. The summed E-state index contributed by atoms with van der Waals surface area (Å²) in [7, 11) is 0. The fraction of sp³-hybridized carbons (Fsp3) is 0.600. The number of benzene rings is 1. The van der Waals surface area contributed by atoms with Gasteiger partial charge < -0.3 is 5.32 Å². The van der Waals surface area contributed by atoms with E-state index in [1.165, 1.54) is 36.5 Å². The van der Waals surface area contributed by atoms with Crippen molar-refractivity contribution in [3.63, 3.8) is 0 Å². The Hall–Kier alpha value is -0.510. The van der Waals surface area contributed by atoms with Gasteiger partial charge in [0.25, 0.3) is 0 Å². The summed E-state index contributed by atoms with van der Waals surface area (Å²) in [5.41, 5.74) is 1.44. The lowest BCUT2D eigenvalue weighted by Crippen LogP contribution is -2.27. The van der Waals surface area contributed by atoms with E-state index in [2.05, 4.69) is 48.3 Å². The molecule has 0 spiro atoms. The molecule has 2 rings (SSSR count). The van der Waals surface area contributed by atoms with E-state index in [0.29, 0.717) is 5.25 Å². The van der Waals surface area contributed by atoms with Crippen molar-refractivity contribution >= 4 is 11.8 Å². The van der Waals surface area contributed by atoms with Crippen LogP contribution < -0.4 is 5.32 Å². The highest BCUT2D eigenvalue weighted by molar-refractivity contribution is 7.99. The molecule has 1 N–H and O–H groups in total. The summed E-state index contributed by atoms with van der Waals surface area (Å²) >= 11 is 1.93. The first-order valence-corrected chi connectivity index (χ1v) is 7.80. The van der Waals surface area contributed by atoms with Crippen LogP contribution in [0.4, 0.5) is 0 Å². The number of hydrogen-bond acceptors (Lipinski definition) is 3. The van der Waals surface area contributed by atoms with Gasteiger partial charge in [0.1, 0.15) is 0 Å². The van der Waals surface area contributed by atoms with Crippen LogP contribution in [0, 0.1) is 0 Å². The van der Waals surface area contributed by atoms with Crippen molar-refractivity contribution in [3.05, 3.63) is 29.8 Å². The fourth-order valence-corrected chi connectivity index (χ4v) is 3.10. The van der Waals surface area contributed by atoms with Gasteiger partial charge in [0.05, 0.1) is 0 Å². The van der Waals surface area contributed by atoms with Gasteiger partial charge in [-0.05, 0) is 37.2 Å². The average Bonchev–Trinajstić information content (AvgIpc) is 2.60. The number of thioether (sulfide) groups is 1. The molecular formula is C15H24N2S. The molecular weight excluding hydrogens is 240 g/mol. The Morgan fingerprint density at radius 1 is 1.17 bits per heavy atom. The van der Waals surface area contributed by atoms with Gasteiger partial charge in [0.15, 0.2) is 0 Å². The number of nitrogens with zero attached hydrogens (tertiary/aromatic N) is 1. The molecule has 0 unspecified atom stereocenters. The van der Waals surface area contributed by atoms with Gasteiger partial charge in [-0.15, -0.1) is 11.8 Å². The van der Waals surface area contributed by atoms with Crippen LogP contribution in [0.25, 0.3) is 0 Å². The molecule has 1 fully saturated rings. The summed E-state index contributed by atoms with van der Waals surface area (Å²) in [4.78, 5) is 3.93. The van der Waals surface area contributed by atoms with Crippen LogP contribution in [0.1, 0.15) is 25.8 Å². The lowest BCUT2D eigenvalue weighted by Gasteiger charge is -2.19. The molecule has 1 aromatic carbocycles. The molecule has 1 heterocycles. The van der Waals surface area contributed by atoms with Crippen molar-refractivity contribution in [2.45, 2.75) is 37.0 Å². The van der Waals surface area contributed by atoms with Gasteiger partial charge in [0.2, 0.25) is 0 Å². The lowest BCUT2D eigenvalue weighted by atomic mass is 10.2. The van der Waals surface area contributed by atoms with E-state index >= 15 is 0 Å². The minimum Gasteiger partial charge on any atom is -0.315 e. The molecule has 1 aliphatic heterocycles. The van der Waals surface area contributed by atoms with Crippen LogP contribution in [0.5, 0.6) is 0 Å². The van der Waals surface area contributed by atoms with Gasteiger partial charge in [0, 0.05) is 29.8 Å². The Morgan fingerprint density at radius 2 is 1.94 bits per heavy atom. The van der Waals surface area contributed by atoms with Gasteiger partial charge in [-0.2, -0.15) is 0 Å². The van der Waals surface area contributed by atoms with Crippen LogP contribution >= 0.6 is 11.8 Å². The largest absolute Gasteiger partial charge is 0.315 e. The van der Waals surface area contributed by atoms with E-state index in [-0.39, 0.29) is 0 Å². The molecule has 0 bridgehead atoms. The van der Waals surface area contributed by atoms with E-state index in [0.717, 1.165) is 13.1 Å². The maximum Gasteiger partial charge on any atom is 0.0234 e. The third-order valence-corrected chi connectivity index (χ3v) is 4.15. The molecule has 1 aromatic rings. The van der Waals surface area contributed by atoms with Crippen molar-refractivity contribution in [3.8, 4) is 0 Å². The summed E-state index contributed by atoms with van der Waals surface area (Å²) in [5, 5.41) is 4.11. The normalized spacial score (nSPS) is 17.9. The van der Waals surface area contributed by atoms with Crippen molar-refractivity contribution in [2.75, 3.05) is 26.2 Å². The van der Waals surface area contributed by atoms with Gasteiger partial charge in [-0.1, -0.05) is 26.0 Å². The maximum atomic E-state index is 3.45. The summed E-state index contributed by atoms with van der Waals surface area (Å²) in [6.07, 6.45) is 1.27. The second kappa shape index (κ2) is 7.17. The van der Waals surface area contributed by atoms with E-state index in [1.54, 1.807) is 0 Å². The topological polar surface area (TPSA) is 15.3 Å². The van der Waals surface area contributed by atoms with Gasteiger partial charge >= 0.3 is 0 Å². The van der Waals surface area contributed by atoms with Gasteiger partial charge in [-0.25, -0.2) is 0 Å². The zero-order valence-corrected chi connectivity index (χ0v) is 12.3. The third-order valence-electron chi connectivity index (χ3n) is 3.13. The van der Waals surface area contributed by atoms with Crippen molar-refractivity contribution < 1.29 is 0 Å². The molecule has 3 heteroatoms. The Labute approximate surface area is 115 Å². The van der Waals surface area contributed by atoms with E-state index in [4.69, 9.17) is 0 Å². The zero-order chi connectivity index (χ0) is 12.8. The molecule has 2 nitrogen and oxygen atoms in total. The molecule has 18 heavy (non-hydrogen) atoms. The number of nitrogens with one attached hydrogen (secondary N) is 1. The molecule has 0 amide bonds. The van der Waals surface area contributed by atoms with Crippen molar-refractivity contribution in [2.24, 2.45) is 0 Å². The molecule has 1 aliphatic rings. The maximum absolute atomic E-state index is 3.45. The van der Waals surface area contributed by atoms with Crippen molar-refractivity contribution in [1.82, 2.24) is 10.2 Å². The standard InChI is InChI=1S/C15H24N2S/c1-13(2)18-15-6-4-14(5-7-15)12-17-10-3-8-16-9-11-17/h4-7,13,16H,3,8-12H2,1-2H3. The lowest BCUT2D eigenvalue weighted by molar-refractivity contribution is 0.284. The molecule has 0 aromatic heterocycles. The minimum atomic E-state index is 0.660. The second-order valence-corrected chi connectivity index (χ2v) is 6.84. The molecule has 0 radical (unpaired) electrons. The first-order chi connectivity index (χ1) is 8.74. The molecule has 1 saturated heterocycles. The third kappa shape index (κ3) is 4.63. The molecule has 0 aliphatic carbocycles. The first-order valence-electron chi connectivity index (χ1n) is 6.93. The molecule has 100 valence electrons. The summed E-state index contributed by atoms with van der Waals surface area (Å²) in [6, 6.07) is 9.08. The Morgan fingerprint density at radius 3 is 2.67 bits per heavy atom. The second-order valence-electron chi connectivity index (χ2n) is 5.19. The Balaban J connectivity index is 1.88. The first kappa shape index (κ1) is 13.9. The van der Waals surface area contributed by atoms with Crippen LogP contribution in [0.3, 0.4) is 0 Å². The summed E-state index contributed by atoms with van der Waals surface area (Å²) in [5.74, 6) is 0. The van der Waals surface area contributed by atoms with Gasteiger partial charge in [-0.3, -0.25) is 4.90 Å². The Kier molecular flexibility index (Phi) is 5.54. The smallest absolute Gasteiger partial charge is 0.0234 e. The van der Waals surface area contributed by atoms with Crippen LogP contribution in [0.15, 0.2) is 29.2 Å². The van der Waals surface area contributed by atoms with Crippen molar-refractivity contribution in [1.29, 1.82) is 0 Å². The van der Waals surface area contributed by atoms with E-state index in [1.807, 2.05) is 11.8 Å². The predicted molar refractivity (Wildman–Crippen MR) is 80.2 cm³/mol. The van der Waals surface area contributed by atoms with Crippen LogP contribution in [0.2, 0.25) is 0 Å². The number of hydrogen-bond donors (Lipinski definition) is 1. The zero-order valence-electron chi connectivity index (χ0n) is 11.5. The fourth-order valence-electron chi connectivity index (χ4n) is 2.26. The number of rotatable bonds is 4. The van der Waals surface area contributed by atoms with E-state index in [9.17, 15) is 0 Å². The molecule has 0 saturated carbocycles. The molecule has 0 atom stereocenters. The highest BCUT2D eigenvalue weighted by atomic mass is 32.2. The summed E-state index contributed by atoms with van der Waals surface area (Å²) < 4.78 is 0. The summed E-state index contributed by atoms with van der Waals surface area (Å²) in [6.45, 7) is 10.2. The Bertz CT molecular complexity index is 340. The monoisotopic (exact) mass is 264 g/mol.